The highest BCUT2D eigenvalue weighted by Crippen LogP contribution is 2.25. The van der Waals surface area contributed by atoms with Crippen LogP contribution in [-0.4, -0.2) is 41.6 Å². The van der Waals surface area contributed by atoms with Crippen molar-refractivity contribution in [1.29, 1.82) is 0 Å². The first-order valence-electron chi connectivity index (χ1n) is 7.18. The molecule has 2 amide bonds. The minimum atomic E-state index is -0.736. The van der Waals surface area contributed by atoms with Gasteiger partial charge in [0.1, 0.15) is 17.6 Å². The Kier molecular flexibility index (Phi) is 4.75. The predicted molar refractivity (Wildman–Crippen MR) is 81.8 cm³/mol. The van der Waals surface area contributed by atoms with Crippen molar-refractivity contribution in [2.24, 2.45) is 10.8 Å². The molecule has 0 saturated carbocycles. The average Bonchev–Trinajstić information content (AvgIpc) is 2.94. The maximum atomic E-state index is 13.0. The highest BCUT2D eigenvalue weighted by Gasteiger charge is 2.36. The molecule has 1 aromatic carbocycles. The molecule has 1 unspecified atom stereocenters. The smallest absolute Gasteiger partial charge is 0.270 e. The summed E-state index contributed by atoms with van der Waals surface area (Å²) in [5, 5.41) is 5.63. The molecule has 2 N–H and O–H groups in total. The largest absolute Gasteiger partial charge is 0.368 e. The van der Waals surface area contributed by atoms with E-state index >= 15 is 0 Å². The highest BCUT2D eigenvalue weighted by atomic mass is 19.1. The van der Waals surface area contributed by atoms with Crippen LogP contribution in [0.2, 0.25) is 0 Å². The number of carbonyl (C=O) groups is 2. The van der Waals surface area contributed by atoms with Crippen molar-refractivity contribution in [1.82, 2.24) is 4.90 Å². The van der Waals surface area contributed by atoms with Crippen LogP contribution in [-0.2, 0) is 9.59 Å². The normalized spacial score (nSPS) is 17.3. The zero-order valence-corrected chi connectivity index (χ0v) is 12.6. The molecular formula is C15H19FN4O2. The number of nitrogens with zero attached hydrogens (tertiary/aromatic N) is 3. The molecule has 1 atom stereocenters. The number of hydrazone groups is 1. The van der Waals surface area contributed by atoms with Gasteiger partial charge in [0.25, 0.3) is 5.91 Å². The second kappa shape index (κ2) is 6.55. The van der Waals surface area contributed by atoms with E-state index in [1.54, 1.807) is 4.90 Å². The Morgan fingerprint density at radius 1 is 1.32 bits per heavy atom. The third-order valence-corrected chi connectivity index (χ3v) is 3.63. The van der Waals surface area contributed by atoms with Crippen LogP contribution in [0, 0.1) is 5.82 Å². The molecule has 0 fully saturated rings. The van der Waals surface area contributed by atoms with Gasteiger partial charge in [0, 0.05) is 19.5 Å². The zero-order valence-electron chi connectivity index (χ0n) is 12.6. The SMILES string of the molecule is CCN(CC)C(=O)C1=NN(c2ccc(F)cc2)C(C(N)=O)C1. The van der Waals surface area contributed by atoms with Crippen molar-refractivity contribution < 1.29 is 14.0 Å². The molecule has 118 valence electrons. The molecule has 0 aromatic heterocycles. The van der Waals surface area contributed by atoms with Gasteiger partial charge in [-0.3, -0.25) is 14.6 Å². The molecule has 6 nitrogen and oxygen atoms in total. The fourth-order valence-corrected chi connectivity index (χ4v) is 2.39. The van der Waals surface area contributed by atoms with Gasteiger partial charge in [0.2, 0.25) is 5.91 Å². The summed E-state index contributed by atoms with van der Waals surface area (Å²) in [5.74, 6) is -1.17. The molecule has 2 rings (SSSR count). The molecule has 1 aliphatic heterocycles. The highest BCUT2D eigenvalue weighted by molar-refractivity contribution is 6.40. The molecule has 7 heteroatoms. The van der Waals surface area contributed by atoms with Crippen LogP contribution in [0.3, 0.4) is 0 Å². The topological polar surface area (TPSA) is 79.0 Å². The minimum Gasteiger partial charge on any atom is -0.368 e. The van der Waals surface area contributed by atoms with Gasteiger partial charge < -0.3 is 10.6 Å². The molecule has 0 spiro atoms. The van der Waals surface area contributed by atoms with Crippen molar-refractivity contribution in [2.45, 2.75) is 26.3 Å². The van der Waals surface area contributed by atoms with Gasteiger partial charge in [-0.15, -0.1) is 0 Å². The minimum absolute atomic E-state index is 0.155. The van der Waals surface area contributed by atoms with Crippen LogP contribution in [0.15, 0.2) is 29.4 Å². The van der Waals surface area contributed by atoms with E-state index in [0.717, 1.165) is 0 Å². The number of hydrogen-bond acceptors (Lipinski definition) is 4. The molecule has 22 heavy (non-hydrogen) atoms. The first-order chi connectivity index (χ1) is 10.5. The van der Waals surface area contributed by atoms with Crippen molar-refractivity contribution in [2.75, 3.05) is 18.1 Å². The first-order valence-corrected chi connectivity index (χ1v) is 7.18. The third kappa shape index (κ3) is 3.08. The number of primary amides is 1. The predicted octanol–water partition coefficient (Wildman–Crippen LogP) is 1.11. The Balaban J connectivity index is 2.31. The molecule has 1 aliphatic rings. The summed E-state index contributed by atoms with van der Waals surface area (Å²) in [6, 6.07) is 4.80. The Morgan fingerprint density at radius 3 is 2.41 bits per heavy atom. The number of halogens is 1. The van der Waals surface area contributed by atoms with Crippen LogP contribution in [0.4, 0.5) is 10.1 Å². The summed E-state index contributed by atoms with van der Waals surface area (Å²) in [7, 11) is 0. The average molecular weight is 306 g/mol. The lowest BCUT2D eigenvalue weighted by Gasteiger charge is -2.20. The summed E-state index contributed by atoms with van der Waals surface area (Å²) in [6.45, 7) is 4.87. The summed E-state index contributed by atoms with van der Waals surface area (Å²) in [6.07, 6.45) is 0.155. The van der Waals surface area contributed by atoms with E-state index in [0.29, 0.717) is 18.8 Å². The quantitative estimate of drug-likeness (QED) is 0.885. The first kappa shape index (κ1) is 15.9. The van der Waals surface area contributed by atoms with Gasteiger partial charge in [-0.25, -0.2) is 4.39 Å². The van der Waals surface area contributed by atoms with E-state index in [2.05, 4.69) is 5.10 Å². The summed E-state index contributed by atoms with van der Waals surface area (Å²) in [4.78, 5) is 25.6. The number of anilines is 1. The molecule has 0 aliphatic carbocycles. The lowest BCUT2D eigenvalue weighted by molar-refractivity contribution is -0.123. The standard InChI is InChI=1S/C15H19FN4O2/c1-3-19(4-2)15(22)12-9-13(14(17)21)20(18-12)11-7-5-10(16)6-8-11/h5-8,13H,3-4,9H2,1-2H3,(H2,17,21). The van der Waals surface area contributed by atoms with Gasteiger partial charge in [-0.2, -0.15) is 5.10 Å². The number of amides is 2. The molecule has 0 saturated heterocycles. The summed E-state index contributed by atoms with van der Waals surface area (Å²) >= 11 is 0. The Morgan fingerprint density at radius 2 is 1.91 bits per heavy atom. The van der Waals surface area contributed by atoms with Crippen molar-refractivity contribution in [3.05, 3.63) is 30.1 Å². The maximum absolute atomic E-state index is 13.0. The van der Waals surface area contributed by atoms with Crippen LogP contribution in [0.1, 0.15) is 20.3 Å². The number of rotatable bonds is 5. The number of nitrogens with two attached hydrogens (primary N) is 1. The van der Waals surface area contributed by atoms with E-state index in [4.69, 9.17) is 5.73 Å². The molecule has 0 radical (unpaired) electrons. The summed E-state index contributed by atoms with van der Waals surface area (Å²) < 4.78 is 13.0. The number of carbonyl (C=O) groups excluding carboxylic acids is 2. The lowest BCUT2D eigenvalue weighted by atomic mass is 10.1. The molecule has 1 aromatic rings. The molecular weight excluding hydrogens is 287 g/mol. The summed E-state index contributed by atoms with van der Waals surface area (Å²) in [5.41, 5.74) is 6.22. The number of benzene rings is 1. The van der Waals surface area contributed by atoms with E-state index in [-0.39, 0.29) is 23.9 Å². The second-order valence-electron chi connectivity index (χ2n) is 4.97. The van der Waals surface area contributed by atoms with Gasteiger partial charge in [-0.05, 0) is 38.1 Å². The van der Waals surface area contributed by atoms with E-state index < -0.39 is 11.9 Å². The second-order valence-corrected chi connectivity index (χ2v) is 4.97. The van der Waals surface area contributed by atoms with E-state index in [9.17, 15) is 14.0 Å². The van der Waals surface area contributed by atoms with Crippen LogP contribution >= 0.6 is 0 Å². The van der Waals surface area contributed by atoms with Crippen molar-refractivity contribution in [3.8, 4) is 0 Å². The number of hydrogen-bond donors (Lipinski definition) is 1. The monoisotopic (exact) mass is 306 g/mol. The van der Waals surface area contributed by atoms with E-state index in [1.807, 2.05) is 13.8 Å². The maximum Gasteiger partial charge on any atom is 0.270 e. The van der Waals surface area contributed by atoms with E-state index in [1.165, 1.54) is 29.3 Å². The van der Waals surface area contributed by atoms with Gasteiger partial charge in [-0.1, -0.05) is 0 Å². The van der Waals surface area contributed by atoms with Crippen molar-refractivity contribution >= 4 is 23.2 Å². The van der Waals surface area contributed by atoms with Gasteiger partial charge in [0.05, 0.1) is 5.69 Å². The lowest BCUT2D eigenvalue weighted by Crippen LogP contribution is -2.40. The zero-order chi connectivity index (χ0) is 16.3. The third-order valence-electron chi connectivity index (χ3n) is 3.63. The van der Waals surface area contributed by atoms with Crippen LogP contribution < -0.4 is 10.7 Å². The Hall–Kier alpha value is -2.44. The van der Waals surface area contributed by atoms with Gasteiger partial charge >= 0.3 is 0 Å². The van der Waals surface area contributed by atoms with Crippen LogP contribution in [0.25, 0.3) is 0 Å². The van der Waals surface area contributed by atoms with Crippen LogP contribution in [0.5, 0.6) is 0 Å². The molecule has 1 heterocycles. The fraction of sp³-hybridized carbons (Fsp3) is 0.400. The molecule has 0 bridgehead atoms. The van der Waals surface area contributed by atoms with Crippen molar-refractivity contribution in [3.63, 3.8) is 0 Å². The Bertz CT molecular complexity index is 596. The fourth-order valence-electron chi connectivity index (χ4n) is 2.39. The Labute approximate surface area is 128 Å². The van der Waals surface area contributed by atoms with Gasteiger partial charge in [0.15, 0.2) is 0 Å².